The van der Waals surface area contributed by atoms with Crippen molar-refractivity contribution >= 4 is 5.82 Å². The molecule has 0 saturated carbocycles. The Kier molecular flexibility index (Phi) is 5.48. The van der Waals surface area contributed by atoms with E-state index in [-0.39, 0.29) is 12.4 Å². The second-order valence-electron chi connectivity index (χ2n) is 5.07. The number of aromatic nitrogens is 2. The van der Waals surface area contributed by atoms with Crippen LogP contribution in [0.3, 0.4) is 0 Å². The molecule has 2 heterocycles. The van der Waals surface area contributed by atoms with Crippen LogP contribution in [0.5, 0.6) is 0 Å². The fourth-order valence-corrected chi connectivity index (χ4v) is 2.30. The molecular weight excluding hydrogens is 294 g/mol. The molecule has 2 rings (SSSR count). The van der Waals surface area contributed by atoms with E-state index >= 15 is 0 Å². The van der Waals surface area contributed by atoms with E-state index in [2.05, 4.69) is 4.98 Å². The number of aliphatic hydroxyl groups excluding tert-OH is 2. The molecule has 9 heteroatoms. The molecule has 9 nitrogen and oxygen atoms in total. The van der Waals surface area contributed by atoms with Crippen molar-refractivity contribution in [3.8, 4) is 0 Å². The third-order valence-corrected chi connectivity index (χ3v) is 3.54. The maximum Gasteiger partial charge on any atom is 0.351 e. The largest absolute Gasteiger partial charge is 0.394 e. The van der Waals surface area contributed by atoms with E-state index in [1.807, 2.05) is 0 Å². The van der Waals surface area contributed by atoms with Gasteiger partial charge in [-0.1, -0.05) is 0 Å². The minimum Gasteiger partial charge on any atom is -0.394 e. The summed E-state index contributed by atoms with van der Waals surface area (Å²) in [6.07, 6.45) is -2.15. The number of rotatable bonds is 6. The van der Waals surface area contributed by atoms with Crippen molar-refractivity contribution < 1.29 is 24.4 Å². The molecular formula is C13H21N3O6. The SMILES string of the molecule is COCCO[C@@H]1[C@H](O)[C@@H](CO)O[C@@H]1n1cc(C)c(N)nc1=O. The Balaban J connectivity index is 2.29. The van der Waals surface area contributed by atoms with Gasteiger partial charge >= 0.3 is 5.69 Å². The maximum atomic E-state index is 12.0. The van der Waals surface area contributed by atoms with Crippen molar-refractivity contribution in [1.29, 1.82) is 0 Å². The monoisotopic (exact) mass is 315 g/mol. The number of nitrogen functional groups attached to an aromatic ring is 1. The molecule has 4 N–H and O–H groups in total. The highest BCUT2D eigenvalue weighted by Gasteiger charge is 2.45. The lowest BCUT2D eigenvalue weighted by molar-refractivity contribution is -0.0819. The van der Waals surface area contributed by atoms with Crippen LogP contribution in [0, 0.1) is 6.92 Å². The van der Waals surface area contributed by atoms with Gasteiger partial charge < -0.3 is 30.2 Å². The molecule has 1 saturated heterocycles. The zero-order chi connectivity index (χ0) is 16.3. The molecule has 0 aromatic carbocycles. The lowest BCUT2D eigenvalue weighted by Gasteiger charge is -2.22. The second-order valence-corrected chi connectivity index (χ2v) is 5.07. The summed E-state index contributed by atoms with van der Waals surface area (Å²) in [5.74, 6) is 0.135. The third-order valence-electron chi connectivity index (χ3n) is 3.54. The van der Waals surface area contributed by atoms with E-state index in [4.69, 9.17) is 19.9 Å². The van der Waals surface area contributed by atoms with Gasteiger partial charge in [0.15, 0.2) is 6.23 Å². The third kappa shape index (κ3) is 3.28. The van der Waals surface area contributed by atoms with Crippen LogP contribution in [0.4, 0.5) is 5.82 Å². The summed E-state index contributed by atoms with van der Waals surface area (Å²) < 4.78 is 17.2. The van der Waals surface area contributed by atoms with Crippen LogP contribution < -0.4 is 11.4 Å². The first-order valence-corrected chi connectivity index (χ1v) is 6.89. The van der Waals surface area contributed by atoms with Crippen molar-refractivity contribution in [3.05, 3.63) is 22.2 Å². The van der Waals surface area contributed by atoms with Gasteiger partial charge in [-0.05, 0) is 6.92 Å². The Morgan fingerprint density at radius 1 is 1.50 bits per heavy atom. The second kappa shape index (κ2) is 7.16. The van der Waals surface area contributed by atoms with E-state index in [0.717, 1.165) is 0 Å². The molecule has 0 aliphatic carbocycles. The van der Waals surface area contributed by atoms with Crippen molar-refractivity contribution in [2.45, 2.75) is 31.5 Å². The summed E-state index contributed by atoms with van der Waals surface area (Å²) in [5, 5.41) is 19.5. The molecule has 124 valence electrons. The highest BCUT2D eigenvalue weighted by atomic mass is 16.6. The van der Waals surface area contributed by atoms with E-state index in [1.54, 1.807) is 6.92 Å². The topological polar surface area (TPSA) is 129 Å². The predicted molar refractivity (Wildman–Crippen MR) is 76.3 cm³/mol. The first-order valence-electron chi connectivity index (χ1n) is 6.89. The van der Waals surface area contributed by atoms with Gasteiger partial charge in [0.1, 0.15) is 24.1 Å². The Labute approximate surface area is 127 Å². The number of aryl methyl sites for hydroxylation is 1. The molecule has 0 radical (unpaired) electrons. The molecule has 0 bridgehead atoms. The average molecular weight is 315 g/mol. The Morgan fingerprint density at radius 3 is 2.86 bits per heavy atom. The summed E-state index contributed by atoms with van der Waals surface area (Å²) in [4.78, 5) is 15.7. The van der Waals surface area contributed by atoms with Crippen LogP contribution >= 0.6 is 0 Å². The number of hydrogen-bond donors (Lipinski definition) is 3. The van der Waals surface area contributed by atoms with Gasteiger partial charge in [-0.3, -0.25) is 4.57 Å². The molecule has 1 aliphatic rings. The summed E-state index contributed by atoms with van der Waals surface area (Å²) >= 11 is 0. The predicted octanol–water partition coefficient (Wildman–Crippen LogP) is -1.58. The number of nitrogens with two attached hydrogens (primary N) is 1. The first-order chi connectivity index (χ1) is 10.5. The fraction of sp³-hybridized carbons (Fsp3) is 0.692. The molecule has 0 spiro atoms. The number of aliphatic hydroxyl groups is 2. The molecule has 4 atom stereocenters. The first kappa shape index (κ1) is 16.8. The number of hydrogen-bond acceptors (Lipinski definition) is 8. The molecule has 1 aliphatic heterocycles. The smallest absolute Gasteiger partial charge is 0.351 e. The molecule has 22 heavy (non-hydrogen) atoms. The van der Waals surface area contributed by atoms with Gasteiger partial charge in [-0.25, -0.2) is 4.79 Å². The molecule has 1 aromatic heterocycles. The summed E-state index contributed by atoms with van der Waals surface area (Å²) in [5.41, 5.74) is 5.59. The van der Waals surface area contributed by atoms with Gasteiger partial charge in [0.25, 0.3) is 0 Å². The zero-order valence-corrected chi connectivity index (χ0v) is 12.5. The Morgan fingerprint density at radius 2 is 2.23 bits per heavy atom. The van der Waals surface area contributed by atoms with Crippen molar-refractivity contribution in [2.24, 2.45) is 0 Å². The lowest BCUT2D eigenvalue weighted by atomic mass is 10.1. The number of ether oxygens (including phenoxy) is 3. The fourth-order valence-electron chi connectivity index (χ4n) is 2.30. The van der Waals surface area contributed by atoms with Gasteiger partial charge in [0, 0.05) is 18.9 Å². The van der Waals surface area contributed by atoms with Crippen molar-refractivity contribution in [2.75, 3.05) is 32.7 Å². The highest BCUT2D eigenvalue weighted by Crippen LogP contribution is 2.31. The molecule has 0 amide bonds. The van der Waals surface area contributed by atoms with Crippen molar-refractivity contribution in [3.63, 3.8) is 0 Å². The number of nitrogens with zero attached hydrogens (tertiary/aromatic N) is 2. The van der Waals surface area contributed by atoms with Gasteiger partial charge in [-0.2, -0.15) is 4.98 Å². The number of methoxy groups -OCH3 is 1. The minimum absolute atomic E-state index is 0.135. The summed E-state index contributed by atoms with van der Waals surface area (Å²) in [6, 6.07) is 0. The lowest BCUT2D eigenvalue weighted by Crippen LogP contribution is -2.39. The Hall–Kier alpha value is -1.52. The van der Waals surface area contributed by atoms with E-state index in [1.165, 1.54) is 17.9 Å². The standard InChI is InChI=1S/C13H21N3O6/c1-7-5-16(13(19)15-11(7)14)12-10(21-4-3-20-2)9(18)8(6-17)22-12/h5,8-10,12,17-18H,3-4,6H2,1-2H3,(H2,14,15,19)/t8-,9-,10-,12+/m1/s1. The van der Waals surface area contributed by atoms with Crippen molar-refractivity contribution in [1.82, 2.24) is 9.55 Å². The molecule has 0 unspecified atom stereocenters. The minimum atomic E-state index is -1.07. The maximum absolute atomic E-state index is 12.0. The van der Waals surface area contributed by atoms with Crippen LogP contribution in [-0.2, 0) is 14.2 Å². The highest BCUT2D eigenvalue weighted by molar-refractivity contribution is 5.35. The summed E-state index contributed by atoms with van der Waals surface area (Å²) in [7, 11) is 1.52. The zero-order valence-electron chi connectivity index (χ0n) is 12.5. The molecule has 1 aromatic rings. The van der Waals surface area contributed by atoms with E-state index in [0.29, 0.717) is 12.2 Å². The van der Waals surface area contributed by atoms with E-state index in [9.17, 15) is 15.0 Å². The van der Waals surface area contributed by atoms with Crippen LogP contribution in [-0.4, -0.2) is 65.0 Å². The van der Waals surface area contributed by atoms with Crippen LogP contribution in [0.1, 0.15) is 11.8 Å². The van der Waals surface area contributed by atoms with Crippen LogP contribution in [0.15, 0.2) is 11.0 Å². The normalized spacial score (nSPS) is 28.2. The Bertz CT molecular complexity index is 563. The quantitative estimate of drug-likeness (QED) is 0.536. The van der Waals surface area contributed by atoms with Gasteiger partial charge in [-0.15, -0.1) is 0 Å². The van der Waals surface area contributed by atoms with Crippen LogP contribution in [0.2, 0.25) is 0 Å². The average Bonchev–Trinajstić information content (AvgIpc) is 2.80. The summed E-state index contributed by atoms with van der Waals surface area (Å²) in [6.45, 7) is 1.85. The number of anilines is 1. The van der Waals surface area contributed by atoms with E-state index < -0.39 is 36.8 Å². The van der Waals surface area contributed by atoms with Gasteiger partial charge in [0.05, 0.1) is 19.8 Å². The van der Waals surface area contributed by atoms with Crippen LogP contribution in [0.25, 0.3) is 0 Å². The molecule has 1 fully saturated rings. The van der Waals surface area contributed by atoms with Gasteiger partial charge in [0.2, 0.25) is 0 Å².